The summed E-state index contributed by atoms with van der Waals surface area (Å²) in [7, 11) is 0. The summed E-state index contributed by atoms with van der Waals surface area (Å²) < 4.78 is 0. The first-order chi connectivity index (χ1) is 10.4. The lowest BCUT2D eigenvalue weighted by Gasteiger charge is -2.57. The number of oxime groups is 1. The molecule has 22 heavy (non-hydrogen) atoms. The van der Waals surface area contributed by atoms with Gasteiger partial charge in [0.25, 0.3) is 0 Å². The first-order valence-corrected chi connectivity index (χ1v) is 7.68. The molecule has 3 aliphatic rings. The second-order valence-electron chi connectivity index (χ2n) is 6.94. The fourth-order valence-corrected chi connectivity index (χ4v) is 3.49. The number of hydrogen-bond donors (Lipinski definition) is 1. The van der Waals surface area contributed by atoms with Crippen LogP contribution in [0.1, 0.15) is 32.3 Å². The number of carbonyl (C=O) groups excluding carboxylic acids is 1. The summed E-state index contributed by atoms with van der Waals surface area (Å²) in [5.74, 6) is 1.08. The number of allylic oxidation sites excluding steroid dienone is 1. The quantitative estimate of drug-likeness (QED) is 0.644. The highest BCUT2D eigenvalue weighted by Crippen LogP contribution is 2.59. The van der Waals surface area contributed by atoms with Crippen molar-refractivity contribution in [2.75, 3.05) is 5.32 Å². The molecular weight excluding hydrogens is 276 g/mol. The lowest BCUT2D eigenvalue weighted by atomic mass is 9.47. The molecule has 0 radical (unpaired) electrons. The van der Waals surface area contributed by atoms with Gasteiger partial charge in [0.1, 0.15) is 0 Å². The normalized spacial score (nSPS) is 27.2. The zero-order chi connectivity index (χ0) is 15.9. The zero-order valence-corrected chi connectivity index (χ0v) is 13.3. The van der Waals surface area contributed by atoms with Crippen molar-refractivity contribution < 1.29 is 9.63 Å². The van der Waals surface area contributed by atoms with Gasteiger partial charge in [-0.05, 0) is 54.7 Å². The van der Waals surface area contributed by atoms with Gasteiger partial charge >= 0.3 is 6.09 Å². The number of carbonyl (C=O) groups is 1. The number of nitrogens with zero attached hydrogens (tertiary/aromatic N) is 1. The number of fused-ring (bicyclic) bond motifs is 2. The maximum atomic E-state index is 11.8. The van der Waals surface area contributed by atoms with E-state index in [-0.39, 0.29) is 0 Å². The molecule has 0 heterocycles. The third-order valence-electron chi connectivity index (χ3n) is 5.24. The second-order valence-corrected chi connectivity index (χ2v) is 6.94. The molecule has 4 heteroatoms. The van der Waals surface area contributed by atoms with Crippen LogP contribution >= 0.6 is 0 Å². The predicted molar refractivity (Wildman–Crippen MR) is 87.9 cm³/mol. The Hall–Kier alpha value is -2.10. The second kappa shape index (κ2) is 5.27. The van der Waals surface area contributed by atoms with Crippen LogP contribution in [0.4, 0.5) is 10.5 Å². The summed E-state index contributed by atoms with van der Waals surface area (Å²) in [5, 5.41) is 6.69. The van der Waals surface area contributed by atoms with E-state index in [2.05, 4.69) is 30.9 Å². The summed E-state index contributed by atoms with van der Waals surface area (Å²) in [4.78, 5) is 16.8. The minimum absolute atomic E-state index is 0.306. The van der Waals surface area contributed by atoms with E-state index in [0.717, 1.165) is 23.3 Å². The molecule has 2 bridgehead atoms. The third-order valence-corrected chi connectivity index (χ3v) is 5.24. The lowest BCUT2D eigenvalue weighted by molar-refractivity contribution is 0.000580. The van der Waals surface area contributed by atoms with Gasteiger partial charge in [-0.2, -0.15) is 0 Å². The van der Waals surface area contributed by atoms with Crippen LogP contribution in [0.15, 0.2) is 41.6 Å². The molecule has 4 rings (SSSR count). The van der Waals surface area contributed by atoms with E-state index in [4.69, 9.17) is 4.84 Å². The summed E-state index contributed by atoms with van der Waals surface area (Å²) in [6, 6.07) is 7.53. The maximum Gasteiger partial charge on any atom is 0.437 e. The van der Waals surface area contributed by atoms with Gasteiger partial charge in [-0.1, -0.05) is 43.3 Å². The number of nitrogens with one attached hydrogen (secondary N) is 1. The van der Waals surface area contributed by atoms with E-state index in [1.165, 1.54) is 6.42 Å². The first-order valence-electron chi connectivity index (χ1n) is 7.68. The van der Waals surface area contributed by atoms with Crippen LogP contribution in [0.25, 0.3) is 0 Å². The smallest absolute Gasteiger partial charge is 0.298 e. The Kier molecular flexibility index (Phi) is 3.55. The van der Waals surface area contributed by atoms with E-state index in [1.54, 1.807) is 0 Å². The molecule has 0 unspecified atom stereocenters. The largest absolute Gasteiger partial charge is 0.437 e. The van der Waals surface area contributed by atoms with Gasteiger partial charge in [-0.3, -0.25) is 10.2 Å². The topological polar surface area (TPSA) is 50.7 Å². The molecule has 4 nitrogen and oxygen atoms in total. The van der Waals surface area contributed by atoms with Gasteiger partial charge in [-0.25, -0.2) is 4.79 Å². The lowest BCUT2D eigenvalue weighted by Crippen LogP contribution is -2.52. The monoisotopic (exact) mass is 298 g/mol. The summed E-state index contributed by atoms with van der Waals surface area (Å²) in [6.45, 7) is 10.7. The molecule has 1 amide bonds. The Morgan fingerprint density at radius 3 is 2.64 bits per heavy atom. The van der Waals surface area contributed by atoms with Gasteiger partial charge in [0.05, 0.1) is 5.71 Å². The van der Waals surface area contributed by atoms with Crippen LogP contribution in [-0.2, 0) is 4.84 Å². The van der Waals surface area contributed by atoms with Crippen LogP contribution in [0.2, 0.25) is 0 Å². The molecule has 3 fully saturated rings. The van der Waals surface area contributed by atoms with E-state index < -0.39 is 6.09 Å². The molecule has 1 aromatic rings. The van der Waals surface area contributed by atoms with Crippen molar-refractivity contribution in [3.8, 4) is 0 Å². The maximum absolute atomic E-state index is 11.8. The molecule has 2 atom stereocenters. The molecule has 3 aliphatic carbocycles. The Bertz CT molecular complexity index is 644. The van der Waals surface area contributed by atoms with Crippen molar-refractivity contribution in [2.24, 2.45) is 22.4 Å². The highest BCUT2D eigenvalue weighted by atomic mass is 16.7. The van der Waals surface area contributed by atoms with Gasteiger partial charge in [0.2, 0.25) is 0 Å². The molecule has 0 spiro atoms. The molecule has 0 aromatic heterocycles. The SMILES string of the molecule is C=C1C(=NOC(=O)Nc2ccc(C)cc2)C[C@H]2C[C@H]1C2(C)C. The van der Waals surface area contributed by atoms with Crippen molar-refractivity contribution >= 4 is 17.5 Å². The fourth-order valence-electron chi connectivity index (χ4n) is 3.49. The Balaban J connectivity index is 1.59. The highest BCUT2D eigenvalue weighted by Gasteiger charge is 2.54. The van der Waals surface area contributed by atoms with Crippen molar-refractivity contribution in [3.63, 3.8) is 0 Å². The fraction of sp³-hybridized carbons (Fsp3) is 0.444. The predicted octanol–water partition coefficient (Wildman–Crippen LogP) is 4.52. The Morgan fingerprint density at radius 2 is 2.05 bits per heavy atom. The highest BCUT2D eigenvalue weighted by molar-refractivity contribution is 6.02. The Morgan fingerprint density at radius 1 is 1.36 bits per heavy atom. The molecule has 116 valence electrons. The van der Waals surface area contributed by atoms with Crippen molar-refractivity contribution in [1.29, 1.82) is 0 Å². The molecule has 1 N–H and O–H groups in total. The number of anilines is 1. The number of hydrogen-bond acceptors (Lipinski definition) is 3. The van der Waals surface area contributed by atoms with Gasteiger partial charge in [-0.15, -0.1) is 0 Å². The van der Waals surface area contributed by atoms with Gasteiger partial charge < -0.3 is 0 Å². The number of aryl methyl sites for hydroxylation is 1. The summed E-state index contributed by atoms with van der Waals surface area (Å²) >= 11 is 0. The van der Waals surface area contributed by atoms with E-state index in [0.29, 0.717) is 22.9 Å². The Labute approximate surface area is 131 Å². The number of benzene rings is 1. The number of rotatable bonds is 2. The van der Waals surface area contributed by atoms with Gasteiger partial charge in [0, 0.05) is 5.69 Å². The standard InChI is InChI=1S/C18H22N2O2/c1-11-5-7-14(8-6-11)19-17(21)22-20-16-10-13-9-15(12(16)2)18(13,3)4/h5-8,13,15H,2,9-10H2,1,3-4H3,(H,19,21)/t13-,15-/m1/s1. The average molecular weight is 298 g/mol. The van der Waals surface area contributed by atoms with E-state index >= 15 is 0 Å². The average Bonchev–Trinajstić information content (AvgIpc) is 2.48. The minimum atomic E-state index is -0.567. The minimum Gasteiger partial charge on any atom is -0.298 e. The van der Waals surface area contributed by atoms with Crippen LogP contribution in [0.3, 0.4) is 0 Å². The molecule has 0 saturated heterocycles. The molecular formula is C18H22N2O2. The molecule has 3 saturated carbocycles. The van der Waals surface area contributed by atoms with Crippen molar-refractivity contribution in [1.82, 2.24) is 0 Å². The van der Waals surface area contributed by atoms with E-state index in [9.17, 15) is 4.79 Å². The molecule has 0 aliphatic heterocycles. The first kappa shape index (κ1) is 14.8. The number of amides is 1. The van der Waals surface area contributed by atoms with E-state index in [1.807, 2.05) is 31.2 Å². The summed E-state index contributed by atoms with van der Waals surface area (Å²) in [5.41, 5.74) is 4.00. The van der Waals surface area contributed by atoms with Crippen molar-refractivity contribution in [2.45, 2.75) is 33.6 Å². The van der Waals surface area contributed by atoms with Crippen molar-refractivity contribution in [3.05, 3.63) is 42.0 Å². The van der Waals surface area contributed by atoms with Gasteiger partial charge in [0.15, 0.2) is 0 Å². The third kappa shape index (κ3) is 2.54. The summed E-state index contributed by atoms with van der Waals surface area (Å²) in [6.07, 6.45) is 1.46. The van der Waals surface area contributed by atoms with Crippen LogP contribution in [-0.4, -0.2) is 11.8 Å². The van der Waals surface area contributed by atoms with Crippen LogP contribution in [0.5, 0.6) is 0 Å². The van der Waals surface area contributed by atoms with Crippen LogP contribution in [0, 0.1) is 24.2 Å². The van der Waals surface area contributed by atoms with Crippen LogP contribution < -0.4 is 5.32 Å². The zero-order valence-electron chi connectivity index (χ0n) is 13.3. The molecule has 1 aromatic carbocycles.